The third kappa shape index (κ3) is 6.64. The Morgan fingerprint density at radius 3 is 2.42 bits per heavy atom. The van der Waals surface area contributed by atoms with E-state index in [1.54, 1.807) is 24.3 Å². The number of carbonyl (C=O) groups excluding carboxylic acids is 2. The predicted molar refractivity (Wildman–Crippen MR) is 78.7 cm³/mol. The van der Waals surface area contributed by atoms with Crippen molar-refractivity contribution in [1.29, 1.82) is 0 Å². The zero-order chi connectivity index (χ0) is 13.4. The fourth-order valence-electron chi connectivity index (χ4n) is 1.35. The number of hydrogen-bond donors (Lipinski definition) is 4. The first-order valence-corrected chi connectivity index (χ1v) is 5.74. The first kappa shape index (κ1) is 17.2. The highest BCUT2D eigenvalue weighted by molar-refractivity contribution is 5.93. The lowest BCUT2D eigenvalue weighted by Crippen LogP contribution is -2.24. The van der Waals surface area contributed by atoms with Gasteiger partial charge >= 0.3 is 6.03 Å². The molecule has 0 unspecified atom stereocenters. The number of halogens is 1. The SMILES string of the molecule is CNC(=O)Nc1cccc(NC(=O)CCCN)c1.Cl. The Hall–Kier alpha value is -1.79. The van der Waals surface area contributed by atoms with Crippen molar-refractivity contribution < 1.29 is 9.59 Å². The van der Waals surface area contributed by atoms with Gasteiger partial charge in [-0.2, -0.15) is 0 Å². The van der Waals surface area contributed by atoms with E-state index in [1.165, 1.54) is 7.05 Å². The quantitative estimate of drug-likeness (QED) is 0.661. The average Bonchev–Trinajstić information content (AvgIpc) is 2.36. The molecule has 1 rings (SSSR count). The number of amides is 3. The fraction of sp³-hybridized carbons (Fsp3) is 0.333. The van der Waals surface area contributed by atoms with Crippen LogP contribution in [0.5, 0.6) is 0 Å². The van der Waals surface area contributed by atoms with E-state index in [0.29, 0.717) is 30.8 Å². The standard InChI is InChI=1S/C12H18N4O2.ClH/c1-14-12(18)16-10-5-2-4-9(8-10)15-11(17)6-3-7-13;/h2,4-5,8H,3,6-7,13H2,1H3,(H,15,17)(H2,14,16,18);1H. The first-order valence-electron chi connectivity index (χ1n) is 5.74. The van der Waals surface area contributed by atoms with E-state index in [-0.39, 0.29) is 24.3 Å². The van der Waals surface area contributed by atoms with Crippen LogP contribution in [0.2, 0.25) is 0 Å². The molecule has 0 aliphatic rings. The number of nitrogens with two attached hydrogens (primary N) is 1. The summed E-state index contributed by atoms with van der Waals surface area (Å²) in [5.74, 6) is -0.0856. The van der Waals surface area contributed by atoms with Gasteiger partial charge in [0.1, 0.15) is 0 Å². The van der Waals surface area contributed by atoms with Crippen LogP contribution in [0.25, 0.3) is 0 Å². The second-order valence-electron chi connectivity index (χ2n) is 3.73. The summed E-state index contributed by atoms with van der Waals surface area (Å²) in [7, 11) is 1.54. The van der Waals surface area contributed by atoms with Gasteiger partial charge in [0.05, 0.1) is 0 Å². The molecule has 5 N–H and O–H groups in total. The van der Waals surface area contributed by atoms with E-state index in [2.05, 4.69) is 16.0 Å². The van der Waals surface area contributed by atoms with E-state index >= 15 is 0 Å². The molecule has 3 amide bonds. The van der Waals surface area contributed by atoms with Crippen molar-refractivity contribution in [3.63, 3.8) is 0 Å². The normalized spacial score (nSPS) is 9.16. The molecule has 0 heterocycles. The largest absolute Gasteiger partial charge is 0.341 e. The lowest BCUT2D eigenvalue weighted by Gasteiger charge is -2.08. The van der Waals surface area contributed by atoms with Gasteiger partial charge in [-0.3, -0.25) is 4.79 Å². The Morgan fingerprint density at radius 2 is 1.84 bits per heavy atom. The molecule has 0 saturated carbocycles. The number of benzene rings is 1. The lowest BCUT2D eigenvalue weighted by molar-refractivity contribution is -0.116. The molecule has 0 aliphatic heterocycles. The van der Waals surface area contributed by atoms with Crippen LogP contribution in [-0.4, -0.2) is 25.5 Å². The van der Waals surface area contributed by atoms with E-state index in [0.717, 1.165) is 0 Å². The Bertz CT molecular complexity index is 426. The van der Waals surface area contributed by atoms with E-state index < -0.39 is 0 Å². The van der Waals surface area contributed by atoms with Gasteiger partial charge < -0.3 is 21.7 Å². The number of nitrogens with one attached hydrogen (secondary N) is 3. The summed E-state index contributed by atoms with van der Waals surface area (Å²) in [5, 5.41) is 7.82. The Labute approximate surface area is 118 Å². The van der Waals surface area contributed by atoms with Crippen molar-refractivity contribution in [1.82, 2.24) is 5.32 Å². The van der Waals surface area contributed by atoms with E-state index in [4.69, 9.17) is 5.73 Å². The summed E-state index contributed by atoms with van der Waals surface area (Å²) in [6.45, 7) is 0.492. The Kier molecular flexibility index (Phi) is 8.32. The first-order chi connectivity index (χ1) is 8.65. The smallest absolute Gasteiger partial charge is 0.318 e. The van der Waals surface area contributed by atoms with Gasteiger partial charge in [0.25, 0.3) is 0 Å². The number of hydrogen-bond acceptors (Lipinski definition) is 3. The Balaban J connectivity index is 0.00000324. The number of anilines is 2. The van der Waals surface area contributed by atoms with Crippen LogP contribution < -0.4 is 21.7 Å². The van der Waals surface area contributed by atoms with Crippen LogP contribution in [0.1, 0.15) is 12.8 Å². The van der Waals surface area contributed by atoms with Crippen LogP contribution in [0.3, 0.4) is 0 Å². The second-order valence-corrected chi connectivity index (χ2v) is 3.73. The van der Waals surface area contributed by atoms with Gasteiger partial charge in [-0.25, -0.2) is 4.79 Å². The van der Waals surface area contributed by atoms with Crippen LogP contribution in [0, 0.1) is 0 Å². The van der Waals surface area contributed by atoms with Crippen molar-refractivity contribution in [2.24, 2.45) is 5.73 Å². The molecular weight excluding hydrogens is 268 g/mol. The molecule has 0 aromatic heterocycles. The number of carbonyl (C=O) groups is 2. The maximum absolute atomic E-state index is 11.5. The Morgan fingerprint density at radius 1 is 1.21 bits per heavy atom. The molecule has 0 aliphatic carbocycles. The third-order valence-corrected chi connectivity index (χ3v) is 2.24. The van der Waals surface area contributed by atoms with Crippen molar-refractivity contribution in [2.45, 2.75) is 12.8 Å². The fourth-order valence-corrected chi connectivity index (χ4v) is 1.35. The van der Waals surface area contributed by atoms with Gasteiger partial charge in [0.2, 0.25) is 5.91 Å². The van der Waals surface area contributed by atoms with Gasteiger partial charge in [0, 0.05) is 24.8 Å². The summed E-state index contributed by atoms with van der Waals surface area (Å²) in [5.41, 5.74) is 6.59. The van der Waals surface area contributed by atoms with Crippen molar-refractivity contribution in [3.8, 4) is 0 Å². The molecule has 0 radical (unpaired) electrons. The molecule has 0 bridgehead atoms. The average molecular weight is 287 g/mol. The van der Waals surface area contributed by atoms with Gasteiger partial charge in [0.15, 0.2) is 0 Å². The molecule has 1 aromatic rings. The molecule has 0 spiro atoms. The molecule has 7 heteroatoms. The van der Waals surface area contributed by atoms with Crippen molar-refractivity contribution in [3.05, 3.63) is 24.3 Å². The van der Waals surface area contributed by atoms with Crippen molar-refractivity contribution >= 4 is 35.7 Å². The molecule has 1 aromatic carbocycles. The van der Waals surface area contributed by atoms with Gasteiger partial charge in [-0.15, -0.1) is 12.4 Å². The minimum absolute atomic E-state index is 0. The minimum Gasteiger partial charge on any atom is -0.341 e. The second kappa shape index (κ2) is 9.18. The lowest BCUT2D eigenvalue weighted by atomic mass is 10.2. The highest BCUT2D eigenvalue weighted by atomic mass is 35.5. The molecule has 0 atom stereocenters. The van der Waals surface area contributed by atoms with Crippen LogP contribution in [0.4, 0.5) is 16.2 Å². The number of urea groups is 1. The molecule has 6 nitrogen and oxygen atoms in total. The summed E-state index contributed by atoms with van der Waals surface area (Å²) in [6, 6.07) is 6.64. The summed E-state index contributed by atoms with van der Waals surface area (Å²) in [6.07, 6.45) is 1.05. The van der Waals surface area contributed by atoms with E-state index in [1.807, 2.05) is 0 Å². The zero-order valence-corrected chi connectivity index (χ0v) is 11.5. The van der Waals surface area contributed by atoms with Crippen LogP contribution in [-0.2, 0) is 4.79 Å². The molecule has 0 fully saturated rings. The predicted octanol–water partition coefficient (Wildman–Crippen LogP) is 1.54. The maximum atomic E-state index is 11.5. The van der Waals surface area contributed by atoms with Gasteiger partial charge in [-0.1, -0.05) is 6.07 Å². The maximum Gasteiger partial charge on any atom is 0.318 e. The van der Waals surface area contributed by atoms with Gasteiger partial charge in [-0.05, 0) is 31.2 Å². The zero-order valence-electron chi connectivity index (χ0n) is 10.7. The van der Waals surface area contributed by atoms with E-state index in [9.17, 15) is 9.59 Å². The summed E-state index contributed by atoms with van der Waals surface area (Å²) < 4.78 is 0. The van der Waals surface area contributed by atoms with Crippen molar-refractivity contribution in [2.75, 3.05) is 24.2 Å². The topological polar surface area (TPSA) is 96.2 Å². The highest BCUT2D eigenvalue weighted by Gasteiger charge is 2.03. The minimum atomic E-state index is -0.304. The number of rotatable bonds is 5. The molecule has 0 saturated heterocycles. The highest BCUT2D eigenvalue weighted by Crippen LogP contribution is 2.15. The summed E-state index contributed by atoms with van der Waals surface area (Å²) >= 11 is 0. The molecular formula is C12H19ClN4O2. The molecule has 106 valence electrons. The van der Waals surface area contributed by atoms with Crippen LogP contribution >= 0.6 is 12.4 Å². The monoisotopic (exact) mass is 286 g/mol. The molecule has 19 heavy (non-hydrogen) atoms. The third-order valence-electron chi connectivity index (χ3n) is 2.24. The van der Waals surface area contributed by atoms with Crippen LogP contribution in [0.15, 0.2) is 24.3 Å². The summed E-state index contributed by atoms with van der Waals surface area (Å²) in [4.78, 5) is 22.6.